The third kappa shape index (κ3) is 3.06. The van der Waals surface area contributed by atoms with E-state index in [2.05, 4.69) is 15.0 Å². The first-order chi connectivity index (χ1) is 13.1. The fourth-order valence-corrected chi connectivity index (χ4v) is 3.01. The van der Waals surface area contributed by atoms with Crippen LogP contribution < -0.4 is 0 Å². The summed E-state index contributed by atoms with van der Waals surface area (Å²) in [6, 6.07) is 0. The molecule has 0 amide bonds. The average molecular weight is 392 g/mol. The van der Waals surface area contributed by atoms with Crippen LogP contribution in [0.1, 0.15) is 25.8 Å². The van der Waals surface area contributed by atoms with Gasteiger partial charge in [-0.3, -0.25) is 14.2 Å². The van der Waals surface area contributed by atoms with E-state index in [1.165, 1.54) is 17.2 Å². The minimum Gasteiger partial charge on any atom is -0.460 e. The van der Waals surface area contributed by atoms with Crippen LogP contribution in [0.4, 0.5) is 4.39 Å². The Bertz CT molecular complexity index is 988. The maximum atomic E-state index is 15.6. The molecule has 2 aromatic rings. The van der Waals surface area contributed by atoms with Crippen LogP contribution in [0.5, 0.6) is 0 Å². The van der Waals surface area contributed by atoms with E-state index < -0.39 is 42.3 Å². The molecule has 1 aliphatic rings. The van der Waals surface area contributed by atoms with Gasteiger partial charge in [-0.05, 0) is 6.92 Å². The number of ether oxygens (including phenoxy) is 3. The monoisotopic (exact) mass is 392 g/mol. The molecule has 2 aromatic heterocycles. The molecule has 0 aliphatic carbocycles. The number of carbonyl (C=O) groups excluding carboxylic acids is 2. The summed E-state index contributed by atoms with van der Waals surface area (Å²) in [5.74, 6) is -2.59. The summed E-state index contributed by atoms with van der Waals surface area (Å²) in [7, 11) is 0. The number of halogens is 1. The van der Waals surface area contributed by atoms with Crippen LogP contribution in [0, 0.1) is 19.3 Å². The molecule has 28 heavy (non-hydrogen) atoms. The third-order valence-electron chi connectivity index (χ3n) is 4.26. The number of carbonyl (C=O) groups is 2. The summed E-state index contributed by atoms with van der Waals surface area (Å²) in [5, 5.41) is 11.1. The molecule has 3 rings (SSSR count). The number of aryl methyl sites for hydroxylation is 1. The Balaban J connectivity index is 2.12. The lowest BCUT2D eigenvalue weighted by molar-refractivity contribution is -0.222. The van der Waals surface area contributed by atoms with Gasteiger partial charge in [0.2, 0.25) is 11.7 Å². The second-order valence-corrected chi connectivity index (χ2v) is 6.28. The first-order valence-corrected chi connectivity index (χ1v) is 8.14. The molecule has 1 saturated heterocycles. The number of terminal acetylenes is 1. The zero-order valence-electron chi connectivity index (χ0n) is 15.2. The van der Waals surface area contributed by atoms with E-state index in [1.807, 2.05) is 5.92 Å². The Morgan fingerprint density at radius 3 is 2.71 bits per heavy atom. The second kappa shape index (κ2) is 6.81. The van der Waals surface area contributed by atoms with Crippen molar-refractivity contribution in [2.45, 2.75) is 44.6 Å². The molecular weight excluding hydrogens is 375 g/mol. The predicted molar refractivity (Wildman–Crippen MR) is 90.0 cm³/mol. The Morgan fingerprint density at radius 2 is 2.11 bits per heavy atom. The van der Waals surface area contributed by atoms with Crippen LogP contribution in [0.25, 0.3) is 11.2 Å². The lowest BCUT2D eigenvalue weighted by atomic mass is 9.93. The normalized spacial score (nSPS) is 29.4. The first-order valence-electron chi connectivity index (χ1n) is 8.14. The minimum atomic E-state index is -2.91. The van der Waals surface area contributed by atoms with Crippen LogP contribution in [0.3, 0.4) is 0 Å². The van der Waals surface area contributed by atoms with Gasteiger partial charge in [0.1, 0.15) is 11.8 Å². The lowest BCUT2D eigenvalue weighted by Crippen LogP contribution is -2.52. The highest BCUT2D eigenvalue weighted by molar-refractivity contribution is 5.73. The Labute approximate surface area is 158 Å². The summed E-state index contributed by atoms with van der Waals surface area (Å²) in [5.41, 5.74) is -1.32. The smallest absolute Gasteiger partial charge is 0.303 e. The van der Waals surface area contributed by atoms with Crippen molar-refractivity contribution >= 4 is 23.1 Å². The van der Waals surface area contributed by atoms with Crippen molar-refractivity contribution in [1.29, 1.82) is 0 Å². The summed E-state index contributed by atoms with van der Waals surface area (Å²) in [4.78, 5) is 34.9. The van der Waals surface area contributed by atoms with Gasteiger partial charge in [-0.25, -0.2) is 19.3 Å². The van der Waals surface area contributed by atoms with Gasteiger partial charge in [0.05, 0.1) is 12.0 Å². The van der Waals surface area contributed by atoms with Crippen molar-refractivity contribution in [3.63, 3.8) is 0 Å². The fourth-order valence-electron chi connectivity index (χ4n) is 3.01. The predicted octanol–water partition coefficient (Wildman–Crippen LogP) is 0.188. The minimum absolute atomic E-state index is 0.212. The standard InChI is InChI=1S/C17H17FN4O6/c1-5-16(25)14(27-11(4)24)17(18,6-26-10(3)23)28-15(16)22-8-21-12-9(2)19-7-20-13(12)22/h1,7-8,14-15,25H,6H2,2-4H3/t14-,15+,16+,17+/m0/s1. The molecule has 4 atom stereocenters. The Kier molecular flexibility index (Phi) is 4.78. The first kappa shape index (κ1) is 19.7. The molecule has 10 nitrogen and oxygen atoms in total. The zero-order chi connectivity index (χ0) is 20.7. The Morgan fingerprint density at radius 1 is 1.39 bits per heavy atom. The van der Waals surface area contributed by atoms with E-state index in [0.717, 1.165) is 13.8 Å². The van der Waals surface area contributed by atoms with E-state index in [-0.39, 0.29) is 5.65 Å². The van der Waals surface area contributed by atoms with E-state index in [0.29, 0.717) is 11.2 Å². The van der Waals surface area contributed by atoms with Gasteiger partial charge in [0, 0.05) is 13.8 Å². The highest BCUT2D eigenvalue weighted by Gasteiger charge is 2.68. The van der Waals surface area contributed by atoms with E-state index in [4.69, 9.17) is 20.6 Å². The highest BCUT2D eigenvalue weighted by Crippen LogP contribution is 2.47. The highest BCUT2D eigenvalue weighted by atomic mass is 19.2. The lowest BCUT2D eigenvalue weighted by Gasteiger charge is -2.29. The van der Waals surface area contributed by atoms with Gasteiger partial charge in [0.25, 0.3) is 5.85 Å². The number of alkyl halides is 1. The van der Waals surface area contributed by atoms with Crippen molar-refractivity contribution < 1.29 is 33.3 Å². The topological polar surface area (TPSA) is 126 Å². The number of hydrogen-bond donors (Lipinski definition) is 1. The van der Waals surface area contributed by atoms with Crippen LogP contribution in [0.15, 0.2) is 12.7 Å². The van der Waals surface area contributed by atoms with Crippen LogP contribution in [0.2, 0.25) is 0 Å². The summed E-state index contributed by atoms with van der Waals surface area (Å²) in [6.07, 6.45) is 4.40. The molecule has 0 radical (unpaired) electrons. The van der Waals surface area contributed by atoms with Crippen LogP contribution in [-0.2, 0) is 23.8 Å². The van der Waals surface area contributed by atoms with Gasteiger partial charge >= 0.3 is 11.9 Å². The quantitative estimate of drug-likeness (QED) is 0.573. The average Bonchev–Trinajstić information content (AvgIpc) is 3.14. The van der Waals surface area contributed by atoms with Crippen LogP contribution >= 0.6 is 0 Å². The largest absolute Gasteiger partial charge is 0.460 e. The molecular formula is C17H17FN4O6. The fraction of sp³-hybridized carbons (Fsp3) is 0.471. The van der Waals surface area contributed by atoms with Crippen molar-refractivity contribution in [3.8, 4) is 12.3 Å². The molecule has 0 unspecified atom stereocenters. The number of rotatable bonds is 4. The molecule has 0 bridgehead atoms. The van der Waals surface area contributed by atoms with Crippen molar-refractivity contribution in [3.05, 3.63) is 18.3 Å². The second-order valence-electron chi connectivity index (χ2n) is 6.28. The number of nitrogens with zero attached hydrogens (tertiary/aromatic N) is 4. The molecule has 148 valence electrons. The molecule has 1 fully saturated rings. The van der Waals surface area contributed by atoms with Gasteiger partial charge in [-0.15, -0.1) is 6.42 Å². The van der Waals surface area contributed by atoms with Gasteiger partial charge in [-0.1, -0.05) is 5.92 Å². The molecule has 0 spiro atoms. The third-order valence-corrected chi connectivity index (χ3v) is 4.26. The molecule has 11 heteroatoms. The maximum Gasteiger partial charge on any atom is 0.303 e. The molecule has 1 N–H and O–H groups in total. The van der Waals surface area contributed by atoms with E-state index in [9.17, 15) is 14.7 Å². The number of esters is 2. The van der Waals surface area contributed by atoms with Crippen molar-refractivity contribution in [2.24, 2.45) is 0 Å². The molecule has 0 aromatic carbocycles. The number of aliphatic hydroxyl groups is 1. The SMILES string of the molecule is C#C[C@]1(O)[C@H](n2cnc3c(C)ncnc32)O[C@](F)(COC(C)=O)[C@H]1OC(C)=O. The van der Waals surface area contributed by atoms with Crippen LogP contribution in [-0.4, -0.2) is 60.7 Å². The number of fused-ring (bicyclic) bond motifs is 1. The number of aromatic nitrogens is 4. The van der Waals surface area contributed by atoms with Crippen molar-refractivity contribution in [2.75, 3.05) is 6.61 Å². The number of hydrogen-bond acceptors (Lipinski definition) is 9. The summed E-state index contributed by atoms with van der Waals surface area (Å²) in [6.45, 7) is 2.81. The summed E-state index contributed by atoms with van der Waals surface area (Å²) < 4.78 is 31.8. The summed E-state index contributed by atoms with van der Waals surface area (Å²) >= 11 is 0. The zero-order valence-corrected chi connectivity index (χ0v) is 15.2. The Hall–Kier alpha value is -3.10. The van der Waals surface area contributed by atoms with E-state index >= 15 is 4.39 Å². The van der Waals surface area contributed by atoms with Gasteiger partial charge in [0.15, 0.2) is 18.5 Å². The maximum absolute atomic E-state index is 15.6. The molecule has 3 heterocycles. The number of imidazole rings is 1. The van der Waals surface area contributed by atoms with Gasteiger partial charge in [-0.2, -0.15) is 0 Å². The van der Waals surface area contributed by atoms with Crippen molar-refractivity contribution in [1.82, 2.24) is 19.5 Å². The van der Waals surface area contributed by atoms with E-state index in [1.54, 1.807) is 6.92 Å². The molecule has 0 saturated carbocycles. The molecule has 1 aliphatic heterocycles. The van der Waals surface area contributed by atoms with Gasteiger partial charge < -0.3 is 19.3 Å².